The Kier molecular flexibility index (Phi) is 15.8. The minimum absolute atomic E-state index is 0.000836. The number of nitrogens with zero attached hydrogens (tertiary/aromatic N) is 5. The molecule has 0 bridgehead atoms. The van der Waals surface area contributed by atoms with Crippen LogP contribution in [0.5, 0.6) is 5.75 Å². The number of thiocarbonyl (C=S) groups is 1. The maximum atomic E-state index is 12.7. The molecule has 1 saturated heterocycles. The number of amides is 2. The molecule has 3 aromatic carbocycles. The van der Waals surface area contributed by atoms with Crippen LogP contribution in [0.4, 0.5) is 16.2 Å². The second-order valence-corrected chi connectivity index (χ2v) is 19.8. The molecule has 1 aliphatic carbocycles. The number of aromatic hydroxyl groups is 1. The van der Waals surface area contributed by atoms with Crippen LogP contribution in [0, 0.1) is 0 Å². The Labute approximate surface area is 421 Å². The van der Waals surface area contributed by atoms with Crippen molar-refractivity contribution in [2.45, 2.75) is 103 Å². The van der Waals surface area contributed by atoms with Gasteiger partial charge in [-0.1, -0.05) is 45.4 Å². The van der Waals surface area contributed by atoms with Gasteiger partial charge in [-0.2, -0.15) is 0 Å². The van der Waals surface area contributed by atoms with Gasteiger partial charge < -0.3 is 50.8 Å². The molecule has 0 radical (unpaired) electrons. The number of imidazole rings is 1. The van der Waals surface area contributed by atoms with E-state index in [-0.39, 0.29) is 40.0 Å². The van der Waals surface area contributed by atoms with E-state index < -0.39 is 30.5 Å². The van der Waals surface area contributed by atoms with Crippen molar-refractivity contribution >= 4 is 62.8 Å². The van der Waals surface area contributed by atoms with Crippen LogP contribution >= 0.6 is 12.2 Å². The predicted octanol–water partition coefficient (Wildman–Crippen LogP) is 7.65. The predicted molar refractivity (Wildman–Crippen MR) is 280 cm³/mol. The van der Waals surface area contributed by atoms with Gasteiger partial charge in [-0.3, -0.25) is 14.3 Å². The highest BCUT2D eigenvalue weighted by molar-refractivity contribution is 7.80. The van der Waals surface area contributed by atoms with Crippen molar-refractivity contribution in [3.63, 3.8) is 0 Å². The Morgan fingerprint density at radius 3 is 2.35 bits per heavy atom. The van der Waals surface area contributed by atoms with Crippen molar-refractivity contribution < 1.29 is 39.2 Å². The van der Waals surface area contributed by atoms with Crippen LogP contribution in [0.25, 0.3) is 44.6 Å². The molecule has 8 rings (SSSR count). The van der Waals surface area contributed by atoms with Gasteiger partial charge in [0, 0.05) is 72.2 Å². The molecule has 18 nitrogen and oxygen atoms in total. The number of aromatic nitrogens is 4. The van der Waals surface area contributed by atoms with Crippen molar-refractivity contribution in [3.8, 4) is 28.2 Å². The highest BCUT2D eigenvalue weighted by Gasteiger charge is 2.45. The lowest BCUT2D eigenvalue weighted by molar-refractivity contribution is -0.0468. The first-order valence-electron chi connectivity index (χ1n) is 24.1. The summed E-state index contributed by atoms with van der Waals surface area (Å²) in [5.41, 5.74) is 5.74. The summed E-state index contributed by atoms with van der Waals surface area (Å²) < 4.78 is 13.9. The van der Waals surface area contributed by atoms with E-state index in [4.69, 9.17) is 21.4 Å². The Bertz CT molecular complexity index is 3100. The number of phenolic OH excluding ortho intramolecular Hbond substituents is 1. The Morgan fingerprint density at radius 2 is 1.60 bits per heavy atom. The highest BCUT2D eigenvalue weighted by Crippen LogP contribution is 2.42. The summed E-state index contributed by atoms with van der Waals surface area (Å²) in [5, 5.41) is 55.9. The molecule has 0 saturated carbocycles. The fourth-order valence-corrected chi connectivity index (χ4v) is 9.24. The number of unbranched alkanes of at least 4 members (excludes halogenated alkanes) is 2. The van der Waals surface area contributed by atoms with E-state index in [0.29, 0.717) is 88.6 Å². The van der Waals surface area contributed by atoms with E-state index >= 15 is 0 Å². The summed E-state index contributed by atoms with van der Waals surface area (Å²) in [4.78, 5) is 53.2. The molecule has 1 fully saturated rings. The number of rotatable bonds is 18. The van der Waals surface area contributed by atoms with Crippen LogP contribution in [0.15, 0.2) is 101 Å². The molecule has 3 aliphatic rings. The number of carboxylic acids is 1. The quantitative estimate of drug-likeness (QED) is 0.0234. The summed E-state index contributed by atoms with van der Waals surface area (Å²) in [7, 11) is 0. The number of carbonyl (C=O) groups excluding carboxylic acids is 1. The van der Waals surface area contributed by atoms with Gasteiger partial charge in [0.05, 0.1) is 17.6 Å². The number of anilines is 2. The number of fused-ring (bicyclic) bond motifs is 3. The number of nitrogens with one attached hydrogen (secondary N) is 4. The van der Waals surface area contributed by atoms with Gasteiger partial charge in [-0.25, -0.2) is 24.5 Å². The molecule has 2 aromatic heterocycles. The molecule has 72 heavy (non-hydrogen) atoms. The minimum atomic E-state index is -1.23. The minimum Gasteiger partial charge on any atom is -0.508 e. The second-order valence-electron chi connectivity index (χ2n) is 19.4. The van der Waals surface area contributed by atoms with Gasteiger partial charge in [0.2, 0.25) is 0 Å². The molecule has 0 spiro atoms. The molecule has 2 aliphatic heterocycles. The lowest BCUT2D eigenvalue weighted by Crippen LogP contribution is -2.44. The normalized spacial score (nSPS) is 17.0. The third-order valence-corrected chi connectivity index (χ3v) is 13.2. The van der Waals surface area contributed by atoms with E-state index in [2.05, 4.69) is 75.7 Å². The first-order valence-corrected chi connectivity index (χ1v) is 24.6. The van der Waals surface area contributed by atoms with Gasteiger partial charge in [0.15, 0.2) is 22.4 Å². The molecule has 5 aromatic rings. The first kappa shape index (κ1) is 51.3. The number of hydrogen-bond acceptors (Lipinski definition) is 13. The summed E-state index contributed by atoms with van der Waals surface area (Å²) in [5.74, 6) is -0.939. The lowest BCUT2D eigenvalue weighted by atomic mass is 9.87. The van der Waals surface area contributed by atoms with Crippen LogP contribution < -0.4 is 26.7 Å². The molecule has 4 atom stereocenters. The van der Waals surface area contributed by atoms with Crippen LogP contribution in [-0.2, 0) is 16.6 Å². The number of phenols is 1. The number of benzene rings is 4. The van der Waals surface area contributed by atoms with Crippen LogP contribution in [0.3, 0.4) is 0 Å². The number of ether oxygens (including phenoxy) is 1. The van der Waals surface area contributed by atoms with Gasteiger partial charge in [-0.15, -0.1) is 0 Å². The van der Waals surface area contributed by atoms with Gasteiger partial charge in [0.1, 0.15) is 47.2 Å². The molecule has 4 heterocycles. The van der Waals surface area contributed by atoms with E-state index in [1.807, 2.05) is 24.3 Å². The summed E-state index contributed by atoms with van der Waals surface area (Å²) in [6, 6.07) is 21.5. The zero-order valence-corrected chi connectivity index (χ0v) is 41.7. The molecule has 378 valence electrons. The zero-order valence-electron chi connectivity index (χ0n) is 40.9. The Morgan fingerprint density at radius 1 is 0.847 bits per heavy atom. The molecular formula is C53H61N9O9S. The zero-order chi connectivity index (χ0) is 51.3. The van der Waals surface area contributed by atoms with Crippen molar-refractivity contribution in [2.75, 3.05) is 36.8 Å². The molecule has 19 heteroatoms. The van der Waals surface area contributed by atoms with E-state index in [0.717, 1.165) is 30.6 Å². The standard InChI is InChI=1S/C53H61N9O9S/c1-30(2)61(23-9-22-54-51(69)59-32-13-11-31(12-14-32)53(3,4)5)27-43-46(65)47(66)49(71-43)62-29-58-45-40(56-28-57-48(45)62)10-7-6-8-21-55-52(72)60-33-15-18-36(39(24-33)50(67)68)44-37-19-16-34(63)25-41(37)70-42-26-35(64)17-20-38(42)44/h11-20,24-26,28-30,43,46-47,49,63,65-66H,6-10,21-23,27H2,1-5H3,(H,67,68)(H2,54,59,69)(H2,55,60,72)/t43-,46-,47-,49-/m1/s1. The number of aryl methyl sites for hydroxylation is 1. The lowest BCUT2D eigenvalue weighted by Gasteiger charge is -2.30. The van der Waals surface area contributed by atoms with Gasteiger partial charge in [-0.05, 0) is 117 Å². The fourth-order valence-electron chi connectivity index (χ4n) is 9.02. The Hall–Kier alpha value is -7.03. The fraction of sp³-hybridized carbons (Fsp3) is 0.377. The summed E-state index contributed by atoms with van der Waals surface area (Å²) >= 11 is 5.56. The molecule has 0 unspecified atom stereocenters. The largest absolute Gasteiger partial charge is 0.508 e. The highest BCUT2D eigenvalue weighted by atomic mass is 32.1. The topological polar surface area (TPSA) is 249 Å². The van der Waals surface area contributed by atoms with Crippen LogP contribution in [-0.4, -0.2) is 112 Å². The number of carboxylic acid groups (broad SMARTS) is 1. The number of hydrogen-bond donors (Lipinski definition) is 8. The van der Waals surface area contributed by atoms with Crippen LogP contribution in [0.1, 0.15) is 88.1 Å². The first-order chi connectivity index (χ1) is 34.4. The van der Waals surface area contributed by atoms with E-state index in [1.54, 1.807) is 35.2 Å². The van der Waals surface area contributed by atoms with Crippen molar-refractivity contribution in [2.24, 2.45) is 0 Å². The third kappa shape index (κ3) is 11.8. The number of aliphatic hydroxyl groups is 2. The number of aliphatic hydroxyl groups excluding tert-OH is 2. The summed E-state index contributed by atoms with van der Waals surface area (Å²) in [6.45, 7) is 12.5. The molecule has 8 N–H and O–H groups in total. The SMILES string of the molecule is CC(C)N(CCCNC(=O)Nc1ccc(C(C)(C)C)cc1)C[C@H]1O[C@@H](n2cnc3c(CCCCCNC(=S)Nc4ccc(-c5c6ccc(=O)cc-6oc6cc(O)ccc56)c(C(=O)O)c4)ncnc32)[C@H](O)[C@@H]1O. The monoisotopic (exact) mass is 999 g/mol. The molecule has 2 amide bonds. The van der Waals surface area contributed by atoms with Crippen molar-refractivity contribution in [1.29, 1.82) is 0 Å². The van der Waals surface area contributed by atoms with Crippen LogP contribution in [0.2, 0.25) is 0 Å². The number of urea groups is 1. The smallest absolute Gasteiger partial charge is 0.336 e. The molecular weight excluding hydrogens is 939 g/mol. The van der Waals surface area contributed by atoms with Gasteiger partial charge in [0.25, 0.3) is 0 Å². The van der Waals surface area contributed by atoms with Gasteiger partial charge >= 0.3 is 12.0 Å². The number of carbonyl (C=O) groups is 2. The van der Waals surface area contributed by atoms with E-state index in [9.17, 15) is 34.8 Å². The number of aromatic carboxylic acids is 1. The average molecular weight is 1000 g/mol. The third-order valence-electron chi connectivity index (χ3n) is 12.9. The maximum Gasteiger partial charge on any atom is 0.336 e. The average Bonchev–Trinajstić information content (AvgIpc) is 3.89. The van der Waals surface area contributed by atoms with E-state index in [1.165, 1.54) is 42.2 Å². The maximum absolute atomic E-state index is 12.7. The van der Waals surface area contributed by atoms with Crippen molar-refractivity contribution in [3.05, 3.63) is 119 Å². The van der Waals surface area contributed by atoms with Crippen molar-refractivity contribution in [1.82, 2.24) is 35.1 Å². The Balaban J connectivity index is 0.802. The second kappa shape index (κ2) is 22.2. The summed E-state index contributed by atoms with van der Waals surface area (Å²) in [6.07, 6.45) is 2.70.